The molecule has 0 radical (unpaired) electrons. The summed E-state index contributed by atoms with van der Waals surface area (Å²) in [7, 11) is 0. The van der Waals surface area contributed by atoms with Gasteiger partial charge in [0.2, 0.25) is 0 Å². The molecule has 0 aliphatic carbocycles. The molecule has 1 aliphatic rings. The zero-order chi connectivity index (χ0) is 19.7. The highest BCUT2D eigenvalue weighted by Crippen LogP contribution is 2.44. The summed E-state index contributed by atoms with van der Waals surface area (Å²) in [6, 6.07) is 8.30. The summed E-state index contributed by atoms with van der Waals surface area (Å²) in [5.74, 6) is 0.717. The lowest BCUT2D eigenvalue weighted by atomic mass is 10.0. The second kappa shape index (κ2) is 7.65. The maximum absolute atomic E-state index is 8.31. The van der Waals surface area contributed by atoms with Crippen LogP contribution in [0.5, 0.6) is 0 Å². The van der Waals surface area contributed by atoms with Crippen LogP contribution >= 0.6 is 23.1 Å². The minimum absolute atomic E-state index is 0.412. The summed E-state index contributed by atoms with van der Waals surface area (Å²) >= 11 is 2.97. The van der Waals surface area contributed by atoms with Gasteiger partial charge in [0.05, 0.1) is 10.6 Å². The van der Waals surface area contributed by atoms with E-state index in [4.69, 9.17) is 10.8 Å². The number of nitrogens with one attached hydrogen (secondary N) is 3. The summed E-state index contributed by atoms with van der Waals surface area (Å²) in [6.07, 6.45) is 3.32. The lowest BCUT2D eigenvalue weighted by Crippen LogP contribution is -2.05. The van der Waals surface area contributed by atoms with Crippen LogP contribution < -0.4 is 5.32 Å². The molecule has 3 aromatic rings. The second-order valence-corrected chi connectivity index (χ2v) is 8.26. The van der Waals surface area contributed by atoms with E-state index >= 15 is 0 Å². The second-order valence-electron chi connectivity index (χ2n) is 6.34. The average Bonchev–Trinajstić information content (AvgIpc) is 3.33. The molecule has 0 unspecified atom stereocenters. The Labute approximate surface area is 171 Å². The van der Waals surface area contributed by atoms with Crippen molar-refractivity contribution in [1.82, 2.24) is 15.0 Å². The monoisotopic (exact) mass is 406 g/mol. The Kier molecular flexibility index (Phi) is 5.06. The number of aromatic nitrogens is 3. The summed E-state index contributed by atoms with van der Waals surface area (Å²) in [5, 5.41) is 23.0. The number of hydrogen-bond donors (Lipinski definition) is 3. The number of thioether (sulfide) groups is 1. The smallest absolute Gasteiger partial charge is 0.144 e. The van der Waals surface area contributed by atoms with Crippen molar-refractivity contribution in [3.05, 3.63) is 59.0 Å². The zero-order valence-electron chi connectivity index (χ0n) is 15.4. The maximum Gasteiger partial charge on any atom is 0.144 e. The molecule has 0 bridgehead atoms. The Morgan fingerprint density at radius 1 is 1.11 bits per heavy atom. The molecule has 2 aromatic heterocycles. The molecule has 4 rings (SSSR count). The number of nitrogens with zero attached hydrogens (tertiary/aromatic N) is 3. The van der Waals surface area contributed by atoms with Crippen LogP contribution in [0.3, 0.4) is 0 Å². The summed E-state index contributed by atoms with van der Waals surface area (Å²) in [4.78, 5) is 13.9. The summed E-state index contributed by atoms with van der Waals surface area (Å²) in [6.45, 7) is 4.21. The van der Waals surface area contributed by atoms with Gasteiger partial charge in [0.25, 0.3) is 0 Å². The number of benzene rings is 1. The number of hydrogen-bond acceptors (Lipinski definition) is 8. The highest BCUT2D eigenvalue weighted by molar-refractivity contribution is 8.15. The predicted octanol–water partition coefficient (Wildman–Crippen LogP) is 5.11. The molecule has 0 atom stereocenters. The number of allylic oxidation sites excluding steroid dienone is 1. The molecule has 8 heteroatoms. The van der Waals surface area contributed by atoms with Crippen LogP contribution in [0, 0.1) is 10.8 Å². The first-order valence-electron chi connectivity index (χ1n) is 8.66. The van der Waals surface area contributed by atoms with Gasteiger partial charge in [-0.2, -0.15) is 0 Å². The van der Waals surface area contributed by atoms with E-state index in [0.29, 0.717) is 23.1 Å². The van der Waals surface area contributed by atoms with E-state index in [2.05, 4.69) is 44.5 Å². The molecule has 0 spiro atoms. The maximum atomic E-state index is 8.31. The van der Waals surface area contributed by atoms with E-state index in [1.54, 1.807) is 18.3 Å². The third kappa shape index (κ3) is 3.48. The van der Waals surface area contributed by atoms with Crippen molar-refractivity contribution >= 4 is 45.2 Å². The predicted molar refractivity (Wildman–Crippen MR) is 116 cm³/mol. The Morgan fingerprint density at radius 2 is 1.89 bits per heavy atom. The molecule has 0 saturated carbocycles. The normalized spacial score (nSPS) is 14.7. The molecule has 6 nitrogen and oxygen atoms in total. The first-order chi connectivity index (χ1) is 13.5. The lowest BCUT2D eigenvalue weighted by molar-refractivity contribution is 1.03. The van der Waals surface area contributed by atoms with Crippen molar-refractivity contribution in [3.63, 3.8) is 0 Å². The Morgan fingerprint density at radius 3 is 2.57 bits per heavy atom. The van der Waals surface area contributed by atoms with Gasteiger partial charge in [0.1, 0.15) is 22.2 Å². The van der Waals surface area contributed by atoms with E-state index in [9.17, 15) is 0 Å². The van der Waals surface area contributed by atoms with Gasteiger partial charge in [-0.25, -0.2) is 15.0 Å². The fourth-order valence-corrected chi connectivity index (χ4v) is 4.56. The molecular weight excluding hydrogens is 388 g/mol. The fourth-order valence-electron chi connectivity index (χ4n) is 2.89. The van der Waals surface area contributed by atoms with Crippen LogP contribution in [0.25, 0.3) is 16.1 Å². The third-order valence-corrected chi connectivity index (χ3v) is 6.32. The Balaban J connectivity index is 1.55. The highest BCUT2D eigenvalue weighted by Gasteiger charge is 2.29. The molecule has 3 heterocycles. The first-order valence-corrected chi connectivity index (χ1v) is 10.4. The standard InChI is InChI=1S/C20H18N6S2/c1-11(12(2)21)15-16-17(28-18(15)22)19(26-10-25-16)24-9-13-3-5-14(6-4-13)20-23-7-8-27-20/h3-8,10,21-22H,9H2,1-2H3,(H,24,25,26)/b15-11-,21-12?,22-18?. The Hall–Kier alpha value is -2.84. The lowest BCUT2D eigenvalue weighted by Gasteiger charge is -2.09. The number of thiazole rings is 1. The minimum atomic E-state index is 0.412. The van der Waals surface area contributed by atoms with Crippen LogP contribution in [-0.2, 0) is 6.54 Å². The number of fused-ring (bicyclic) bond motifs is 1. The summed E-state index contributed by atoms with van der Waals surface area (Å²) in [5.41, 5.74) is 4.92. The van der Waals surface area contributed by atoms with Crippen molar-refractivity contribution in [2.24, 2.45) is 0 Å². The van der Waals surface area contributed by atoms with Gasteiger partial charge < -0.3 is 10.7 Å². The van der Waals surface area contributed by atoms with Crippen molar-refractivity contribution < 1.29 is 0 Å². The van der Waals surface area contributed by atoms with Crippen LogP contribution in [0.2, 0.25) is 0 Å². The molecule has 140 valence electrons. The number of rotatable bonds is 5. The quantitative estimate of drug-likeness (QED) is 0.512. The first kappa shape index (κ1) is 18.5. The highest BCUT2D eigenvalue weighted by atomic mass is 32.2. The molecule has 28 heavy (non-hydrogen) atoms. The number of anilines is 1. The van der Waals surface area contributed by atoms with Gasteiger partial charge in [-0.3, -0.25) is 5.41 Å². The largest absolute Gasteiger partial charge is 0.365 e. The topological polar surface area (TPSA) is 98.4 Å². The molecule has 3 N–H and O–H groups in total. The van der Waals surface area contributed by atoms with Crippen LogP contribution in [0.1, 0.15) is 25.1 Å². The molecular formula is C20H18N6S2. The van der Waals surface area contributed by atoms with Gasteiger partial charge in [-0.15, -0.1) is 11.3 Å². The zero-order valence-corrected chi connectivity index (χ0v) is 17.0. The van der Waals surface area contributed by atoms with E-state index < -0.39 is 0 Å². The van der Waals surface area contributed by atoms with Gasteiger partial charge in [0, 0.05) is 35.0 Å². The molecule has 0 saturated heterocycles. The van der Waals surface area contributed by atoms with Crippen molar-refractivity contribution in [3.8, 4) is 10.6 Å². The molecule has 1 aliphatic heterocycles. The van der Waals surface area contributed by atoms with Gasteiger partial charge in [-0.05, 0) is 25.0 Å². The minimum Gasteiger partial charge on any atom is -0.365 e. The Bertz CT molecular complexity index is 1080. The van der Waals surface area contributed by atoms with E-state index in [0.717, 1.165) is 37.9 Å². The van der Waals surface area contributed by atoms with Gasteiger partial charge in [-0.1, -0.05) is 36.0 Å². The van der Waals surface area contributed by atoms with E-state index in [1.165, 1.54) is 18.1 Å². The van der Waals surface area contributed by atoms with Crippen LogP contribution in [-0.4, -0.2) is 25.7 Å². The van der Waals surface area contributed by atoms with Gasteiger partial charge in [0.15, 0.2) is 0 Å². The van der Waals surface area contributed by atoms with Gasteiger partial charge >= 0.3 is 0 Å². The fraction of sp³-hybridized carbons (Fsp3) is 0.150. The van der Waals surface area contributed by atoms with Crippen molar-refractivity contribution in [2.75, 3.05) is 5.32 Å². The SMILES string of the molecule is CC(=N)/C(C)=C1\C(=N)Sc2c(NCc3ccc(-c4nccs4)cc3)ncnc21. The average molecular weight is 407 g/mol. The van der Waals surface area contributed by atoms with Crippen LogP contribution in [0.15, 0.2) is 52.6 Å². The van der Waals surface area contributed by atoms with Crippen molar-refractivity contribution in [1.29, 1.82) is 10.8 Å². The molecule has 0 amide bonds. The van der Waals surface area contributed by atoms with E-state index in [-0.39, 0.29) is 0 Å². The summed E-state index contributed by atoms with van der Waals surface area (Å²) < 4.78 is 0. The molecule has 0 fully saturated rings. The van der Waals surface area contributed by atoms with Crippen LogP contribution in [0.4, 0.5) is 5.82 Å². The van der Waals surface area contributed by atoms with Crippen molar-refractivity contribution in [2.45, 2.75) is 25.3 Å². The third-order valence-electron chi connectivity index (χ3n) is 4.50. The van der Waals surface area contributed by atoms with E-state index in [1.807, 2.05) is 18.5 Å². The molecule has 1 aromatic carbocycles.